The summed E-state index contributed by atoms with van der Waals surface area (Å²) in [6.07, 6.45) is 1.95. The molecule has 0 radical (unpaired) electrons. The standard InChI is InChI=1S/C16H24N4/c1-11-5-7-14(8-6-11)16(18-17)10-9-15-12(2)19-20(4)13(15)3/h5-8,16,18H,9-10,17H2,1-4H3. The van der Waals surface area contributed by atoms with E-state index in [1.165, 1.54) is 22.4 Å². The molecule has 0 aliphatic heterocycles. The van der Waals surface area contributed by atoms with Gasteiger partial charge in [0.2, 0.25) is 0 Å². The van der Waals surface area contributed by atoms with Crippen LogP contribution in [0.4, 0.5) is 0 Å². The molecule has 0 bridgehead atoms. The zero-order chi connectivity index (χ0) is 14.7. The Balaban J connectivity index is 2.09. The Bertz CT molecular complexity index is 569. The lowest BCUT2D eigenvalue weighted by molar-refractivity contribution is 0.515. The molecule has 1 aromatic heterocycles. The summed E-state index contributed by atoms with van der Waals surface area (Å²) in [5.41, 5.74) is 9.11. The summed E-state index contributed by atoms with van der Waals surface area (Å²) in [5.74, 6) is 5.72. The van der Waals surface area contributed by atoms with E-state index in [-0.39, 0.29) is 6.04 Å². The van der Waals surface area contributed by atoms with Gasteiger partial charge in [-0.25, -0.2) is 0 Å². The van der Waals surface area contributed by atoms with Crippen molar-refractivity contribution in [3.63, 3.8) is 0 Å². The fourth-order valence-electron chi connectivity index (χ4n) is 2.61. The second-order valence-electron chi connectivity index (χ2n) is 5.44. The Kier molecular flexibility index (Phi) is 4.57. The van der Waals surface area contributed by atoms with Gasteiger partial charge in [-0.2, -0.15) is 5.10 Å². The predicted molar refractivity (Wildman–Crippen MR) is 82.2 cm³/mol. The highest BCUT2D eigenvalue weighted by Gasteiger charge is 2.14. The Morgan fingerprint density at radius 1 is 1.20 bits per heavy atom. The minimum Gasteiger partial charge on any atom is -0.272 e. The van der Waals surface area contributed by atoms with Crippen molar-refractivity contribution in [3.8, 4) is 0 Å². The molecule has 3 N–H and O–H groups in total. The largest absolute Gasteiger partial charge is 0.272 e. The molecular formula is C16H24N4. The normalized spacial score (nSPS) is 12.7. The van der Waals surface area contributed by atoms with Gasteiger partial charge in [0.05, 0.1) is 5.69 Å². The smallest absolute Gasteiger partial charge is 0.0628 e. The van der Waals surface area contributed by atoms with Crippen LogP contribution in [0.1, 0.15) is 40.5 Å². The highest BCUT2D eigenvalue weighted by atomic mass is 15.3. The van der Waals surface area contributed by atoms with Crippen LogP contribution in [0.15, 0.2) is 24.3 Å². The first-order valence-corrected chi connectivity index (χ1v) is 7.04. The van der Waals surface area contributed by atoms with Crippen LogP contribution in [0.25, 0.3) is 0 Å². The summed E-state index contributed by atoms with van der Waals surface area (Å²) >= 11 is 0. The van der Waals surface area contributed by atoms with E-state index < -0.39 is 0 Å². The maximum atomic E-state index is 5.72. The van der Waals surface area contributed by atoms with Crippen molar-refractivity contribution in [2.24, 2.45) is 12.9 Å². The van der Waals surface area contributed by atoms with Gasteiger partial charge >= 0.3 is 0 Å². The highest BCUT2D eigenvalue weighted by Crippen LogP contribution is 2.21. The van der Waals surface area contributed by atoms with Crippen molar-refractivity contribution in [2.75, 3.05) is 0 Å². The second kappa shape index (κ2) is 6.20. The first-order chi connectivity index (χ1) is 9.52. The summed E-state index contributed by atoms with van der Waals surface area (Å²) in [6.45, 7) is 6.28. The van der Waals surface area contributed by atoms with E-state index in [4.69, 9.17) is 5.84 Å². The fourth-order valence-corrected chi connectivity index (χ4v) is 2.61. The lowest BCUT2D eigenvalue weighted by Gasteiger charge is -2.16. The molecule has 2 aromatic rings. The molecule has 1 atom stereocenters. The van der Waals surface area contributed by atoms with E-state index in [2.05, 4.69) is 55.6 Å². The van der Waals surface area contributed by atoms with Crippen molar-refractivity contribution in [1.82, 2.24) is 15.2 Å². The van der Waals surface area contributed by atoms with Crippen molar-refractivity contribution in [3.05, 3.63) is 52.3 Å². The van der Waals surface area contributed by atoms with E-state index in [9.17, 15) is 0 Å². The SMILES string of the molecule is Cc1ccc(C(CCc2c(C)nn(C)c2C)NN)cc1. The average molecular weight is 272 g/mol. The van der Waals surface area contributed by atoms with Crippen molar-refractivity contribution >= 4 is 0 Å². The fraction of sp³-hybridized carbons (Fsp3) is 0.438. The van der Waals surface area contributed by atoms with Gasteiger partial charge in [-0.1, -0.05) is 29.8 Å². The van der Waals surface area contributed by atoms with E-state index in [0.29, 0.717) is 0 Å². The van der Waals surface area contributed by atoms with Gasteiger partial charge in [0.25, 0.3) is 0 Å². The Labute approximate surface area is 121 Å². The number of hydrazine groups is 1. The number of hydrogen-bond donors (Lipinski definition) is 2. The molecule has 0 aliphatic rings. The van der Waals surface area contributed by atoms with E-state index in [0.717, 1.165) is 18.5 Å². The number of rotatable bonds is 5. The van der Waals surface area contributed by atoms with Crippen LogP contribution in [0.2, 0.25) is 0 Å². The number of nitrogens with two attached hydrogens (primary N) is 1. The molecule has 0 amide bonds. The Morgan fingerprint density at radius 2 is 1.85 bits per heavy atom. The monoisotopic (exact) mass is 272 g/mol. The van der Waals surface area contributed by atoms with Gasteiger partial charge in [-0.3, -0.25) is 16.0 Å². The first kappa shape index (κ1) is 14.8. The van der Waals surface area contributed by atoms with Crippen molar-refractivity contribution < 1.29 is 0 Å². The summed E-state index contributed by atoms with van der Waals surface area (Å²) in [4.78, 5) is 0. The van der Waals surface area contributed by atoms with Gasteiger partial charge < -0.3 is 0 Å². The van der Waals surface area contributed by atoms with Crippen LogP contribution in [0, 0.1) is 20.8 Å². The highest BCUT2D eigenvalue weighted by molar-refractivity contribution is 5.27. The summed E-state index contributed by atoms with van der Waals surface area (Å²) in [7, 11) is 1.99. The number of nitrogens with one attached hydrogen (secondary N) is 1. The van der Waals surface area contributed by atoms with Crippen LogP contribution in [0.3, 0.4) is 0 Å². The molecule has 4 heteroatoms. The maximum Gasteiger partial charge on any atom is 0.0628 e. The number of hydrogen-bond acceptors (Lipinski definition) is 3. The minimum atomic E-state index is 0.176. The van der Waals surface area contributed by atoms with Crippen molar-refractivity contribution in [1.29, 1.82) is 0 Å². The van der Waals surface area contributed by atoms with E-state index >= 15 is 0 Å². The quantitative estimate of drug-likeness (QED) is 0.649. The van der Waals surface area contributed by atoms with Gasteiger partial charge in [0, 0.05) is 18.8 Å². The molecule has 2 rings (SSSR count). The second-order valence-corrected chi connectivity index (χ2v) is 5.44. The third-order valence-corrected chi connectivity index (χ3v) is 4.02. The molecule has 0 aliphatic carbocycles. The van der Waals surface area contributed by atoms with Crippen LogP contribution in [0.5, 0.6) is 0 Å². The molecule has 4 nitrogen and oxygen atoms in total. The van der Waals surface area contributed by atoms with Gasteiger partial charge in [0.15, 0.2) is 0 Å². The van der Waals surface area contributed by atoms with E-state index in [1.54, 1.807) is 0 Å². The Hall–Kier alpha value is -1.65. The zero-order valence-corrected chi connectivity index (χ0v) is 12.8. The van der Waals surface area contributed by atoms with Crippen LogP contribution < -0.4 is 11.3 Å². The van der Waals surface area contributed by atoms with E-state index in [1.807, 2.05) is 11.7 Å². The average Bonchev–Trinajstić information content (AvgIpc) is 2.67. The number of nitrogens with zero attached hydrogens (tertiary/aromatic N) is 2. The maximum absolute atomic E-state index is 5.72. The summed E-state index contributed by atoms with van der Waals surface area (Å²) in [5, 5.41) is 4.46. The predicted octanol–water partition coefficient (Wildman–Crippen LogP) is 2.48. The molecule has 0 fully saturated rings. The molecule has 0 saturated carbocycles. The lowest BCUT2D eigenvalue weighted by atomic mass is 9.98. The van der Waals surface area contributed by atoms with Gasteiger partial charge in [-0.15, -0.1) is 0 Å². The third kappa shape index (κ3) is 3.08. The molecule has 108 valence electrons. The van der Waals surface area contributed by atoms with Crippen molar-refractivity contribution in [2.45, 2.75) is 39.7 Å². The molecule has 20 heavy (non-hydrogen) atoms. The number of aromatic nitrogens is 2. The first-order valence-electron chi connectivity index (χ1n) is 7.04. The number of aryl methyl sites for hydroxylation is 3. The Morgan fingerprint density at radius 3 is 2.35 bits per heavy atom. The topological polar surface area (TPSA) is 55.9 Å². The number of benzene rings is 1. The molecular weight excluding hydrogens is 248 g/mol. The molecule has 1 heterocycles. The summed E-state index contributed by atoms with van der Waals surface area (Å²) in [6, 6.07) is 8.71. The van der Waals surface area contributed by atoms with Gasteiger partial charge in [0.1, 0.15) is 0 Å². The zero-order valence-electron chi connectivity index (χ0n) is 12.8. The van der Waals surface area contributed by atoms with Crippen LogP contribution >= 0.6 is 0 Å². The molecule has 0 spiro atoms. The van der Waals surface area contributed by atoms with Crippen LogP contribution in [-0.4, -0.2) is 9.78 Å². The van der Waals surface area contributed by atoms with Gasteiger partial charge in [-0.05, 0) is 44.7 Å². The molecule has 0 saturated heterocycles. The summed E-state index contributed by atoms with van der Waals surface area (Å²) < 4.78 is 1.95. The molecule has 1 aromatic carbocycles. The third-order valence-electron chi connectivity index (χ3n) is 4.02. The molecule has 1 unspecified atom stereocenters. The lowest BCUT2D eigenvalue weighted by Crippen LogP contribution is -2.28. The van der Waals surface area contributed by atoms with Crippen LogP contribution in [-0.2, 0) is 13.5 Å². The minimum absolute atomic E-state index is 0.176.